The van der Waals surface area contributed by atoms with Crippen molar-refractivity contribution in [1.82, 2.24) is 4.90 Å². The highest BCUT2D eigenvalue weighted by Gasteiger charge is 2.19. The molecule has 2 amide bonds. The van der Waals surface area contributed by atoms with Gasteiger partial charge in [-0.3, -0.25) is 19.7 Å². The lowest BCUT2D eigenvalue weighted by Crippen LogP contribution is -2.37. The van der Waals surface area contributed by atoms with Crippen LogP contribution in [0.4, 0.5) is 24.5 Å². The van der Waals surface area contributed by atoms with Crippen LogP contribution in [0, 0.1) is 27.6 Å². The largest absolute Gasteiger partial charge is 0.330 e. The molecule has 0 aliphatic heterocycles. The van der Waals surface area contributed by atoms with Crippen molar-refractivity contribution in [3.05, 3.63) is 74.6 Å². The summed E-state index contributed by atoms with van der Waals surface area (Å²) < 4.78 is 40.0. The van der Waals surface area contributed by atoms with Crippen LogP contribution in [0.2, 0.25) is 5.02 Å². The Balaban J connectivity index is 2.11. The molecule has 0 atom stereocenters. The van der Waals surface area contributed by atoms with E-state index in [1.165, 1.54) is 24.3 Å². The van der Waals surface area contributed by atoms with Crippen molar-refractivity contribution in [2.75, 3.05) is 18.4 Å². The van der Waals surface area contributed by atoms with Gasteiger partial charge in [0, 0.05) is 18.7 Å². The lowest BCUT2D eigenvalue weighted by atomic mass is 10.2. The van der Waals surface area contributed by atoms with Crippen molar-refractivity contribution >= 4 is 40.9 Å². The third-order valence-corrected chi connectivity index (χ3v) is 4.35. The number of hydrogen-bond donors (Lipinski definition) is 1. The van der Waals surface area contributed by atoms with E-state index in [1.807, 2.05) is 0 Å². The zero-order valence-corrected chi connectivity index (χ0v) is 17.0. The van der Waals surface area contributed by atoms with Gasteiger partial charge in [0.1, 0.15) is 11.6 Å². The highest BCUT2D eigenvalue weighted by molar-refractivity contribution is 6.32. The summed E-state index contributed by atoms with van der Waals surface area (Å²) >= 11 is 5.74. The fraction of sp³-hybridized carbons (Fsp3) is 0.200. The van der Waals surface area contributed by atoms with Crippen LogP contribution in [0.25, 0.3) is 6.08 Å². The van der Waals surface area contributed by atoms with Gasteiger partial charge >= 0.3 is 0 Å². The maximum absolute atomic E-state index is 13.7. The number of nitro benzene ring substituents is 1. The van der Waals surface area contributed by atoms with Crippen molar-refractivity contribution in [2.24, 2.45) is 0 Å². The SMILES string of the molecule is CCCN(CC(=O)Nc1ccc(F)c(F)c1F)C(=O)/C=C/c1ccc(Cl)c([N+](=O)[O-])c1. The first-order valence-electron chi connectivity index (χ1n) is 8.98. The number of nitro groups is 1. The molecule has 0 saturated carbocycles. The molecule has 0 heterocycles. The third-order valence-electron chi connectivity index (χ3n) is 4.03. The van der Waals surface area contributed by atoms with Crippen molar-refractivity contribution in [3.8, 4) is 0 Å². The van der Waals surface area contributed by atoms with E-state index in [-0.39, 0.29) is 17.3 Å². The first kappa shape index (κ1) is 23.9. The van der Waals surface area contributed by atoms with Crippen LogP contribution in [-0.2, 0) is 9.59 Å². The Morgan fingerprint density at radius 2 is 1.90 bits per heavy atom. The van der Waals surface area contributed by atoms with E-state index in [1.54, 1.807) is 6.92 Å². The predicted molar refractivity (Wildman–Crippen MR) is 109 cm³/mol. The number of benzene rings is 2. The maximum Gasteiger partial charge on any atom is 0.288 e. The molecule has 0 aliphatic rings. The van der Waals surface area contributed by atoms with E-state index >= 15 is 0 Å². The molecule has 164 valence electrons. The van der Waals surface area contributed by atoms with Crippen molar-refractivity contribution in [2.45, 2.75) is 13.3 Å². The first-order valence-corrected chi connectivity index (χ1v) is 9.36. The highest BCUT2D eigenvalue weighted by Crippen LogP contribution is 2.25. The summed E-state index contributed by atoms with van der Waals surface area (Å²) in [6.45, 7) is 1.47. The molecular formula is C20H17ClF3N3O4. The monoisotopic (exact) mass is 455 g/mol. The standard InChI is InChI=1S/C20H17ClF3N3O4/c1-2-9-26(11-17(28)25-15-7-6-14(22)19(23)20(15)24)18(29)8-4-12-3-5-13(21)16(10-12)27(30)31/h3-8,10H,2,9,11H2,1H3,(H,25,28)/b8-4+. The van der Waals surface area contributed by atoms with E-state index in [2.05, 4.69) is 5.32 Å². The number of halogens is 4. The average Bonchev–Trinajstić information content (AvgIpc) is 2.72. The van der Waals surface area contributed by atoms with E-state index in [0.29, 0.717) is 18.1 Å². The Kier molecular flexibility index (Phi) is 8.14. The van der Waals surface area contributed by atoms with E-state index in [9.17, 15) is 32.9 Å². The fourth-order valence-electron chi connectivity index (χ4n) is 2.57. The van der Waals surface area contributed by atoms with Crippen LogP contribution in [0.5, 0.6) is 0 Å². The molecule has 11 heteroatoms. The number of hydrogen-bond acceptors (Lipinski definition) is 4. The molecule has 0 aromatic heterocycles. The Bertz CT molecular complexity index is 1050. The molecule has 0 fully saturated rings. The molecule has 0 radical (unpaired) electrons. The number of nitrogens with one attached hydrogen (secondary N) is 1. The normalized spacial score (nSPS) is 10.9. The van der Waals surface area contributed by atoms with Crippen LogP contribution in [0.3, 0.4) is 0 Å². The summed E-state index contributed by atoms with van der Waals surface area (Å²) in [5.74, 6) is -6.07. The molecule has 2 aromatic rings. The minimum atomic E-state index is -1.72. The number of nitrogens with zero attached hydrogens (tertiary/aromatic N) is 2. The van der Waals surface area contributed by atoms with Gasteiger partial charge in [-0.25, -0.2) is 13.2 Å². The second kappa shape index (κ2) is 10.6. The van der Waals surface area contributed by atoms with Gasteiger partial charge in [0.05, 0.1) is 10.6 Å². The Morgan fingerprint density at radius 3 is 2.55 bits per heavy atom. The number of rotatable bonds is 8. The fourth-order valence-corrected chi connectivity index (χ4v) is 2.76. The minimum absolute atomic E-state index is 0.0535. The molecule has 0 aliphatic carbocycles. The quantitative estimate of drug-likeness (QED) is 0.273. The lowest BCUT2D eigenvalue weighted by Gasteiger charge is -2.20. The van der Waals surface area contributed by atoms with E-state index in [4.69, 9.17) is 11.6 Å². The molecule has 1 N–H and O–H groups in total. The summed E-state index contributed by atoms with van der Waals surface area (Å²) in [6.07, 6.45) is 2.94. The number of anilines is 1. The molecule has 0 bridgehead atoms. The summed E-state index contributed by atoms with van der Waals surface area (Å²) in [7, 11) is 0. The topological polar surface area (TPSA) is 92.6 Å². The van der Waals surface area contributed by atoms with Crippen molar-refractivity contribution in [3.63, 3.8) is 0 Å². The van der Waals surface area contributed by atoms with Gasteiger partial charge < -0.3 is 10.2 Å². The molecular weight excluding hydrogens is 439 g/mol. The highest BCUT2D eigenvalue weighted by atomic mass is 35.5. The van der Waals surface area contributed by atoms with Crippen LogP contribution >= 0.6 is 11.6 Å². The number of amides is 2. The van der Waals surface area contributed by atoms with Gasteiger partial charge in [0.15, 0.2) is 17.5 Å². The summed E-state index contributed by atoms with van der Waals surface area (Å²) in [5.41, 5.74) is -0.541. The van der Waals surface area contributed by atoms with Crippen LogP contribution < -0.4 is 5.32 Å². The number of carbonyl (C=O) groups excluding carboxylic acids is 2. The van der Waals surface area contributed by atoms with Crippen LogP contribution in [-0.4, -0.2) is 34.7 Å². The van der Waals surface area contributed by atoms with Gasteiger partial charge in [0.2, 0.25) is 11.8 Å². The average molecular weight is 456 g/mol. The maximum atomic E-state index is 13.7. The number of carbonyl (C=O) groups is 2. The van der Waals surface area contributed by atoms with Crippen molar-refractivity contribution in [1.29, 1.82) is 0 Å². The van der Waals surface area contributed by atoms with Crippen molar-refractivity contribution < 1.29 is 27.7 Å². The van der Waals surface area contributed by atoms with Crippen LogP contribution in [0.1, 0.15) is 18.9 Å². The van der Waals surface area contributed by atoms with E-state index in [0.717, 1.165) is 17.0 Å². The first-order chi connectivity index (χ1) is 14.6. The van der Waals surface area contributed by atoms with E-state index < -0.39 is 46.4 Å². The zero-order chi connectivity index (χ0) is 23.1. The minimum Gasteiger partial charge on any atom is -0.330 e. The third kappa shape index (κ3) is 6.29. The summed E-state index contributed by atoms with van der Waals surface area (Å²) in [5, 5.41) is 13.0. The van der Waals surface area contributed by atoms with Crippen LogP contribution in [0.15, 0.2) is 36.4 Å². The summed E-state index contributed by atoms with van der Waals surface area (Å²) in [4.78, 5) is 36.1. The second-order valence-corrected chi connectivity index (χ2v) is 6.74. The van der Waals surface area contributed by atoms with Gasteiger partial charge in [0.25, 0.3) is 5.69 Å². The molecule has 31 heavy (non-hydrogen) atoms. The zero-order valence-electron chi connectivity index (χ0n) is 16.2. The van der Waals surface area contributed by atoms with Gasteiger partial charge in [-0.2, -0.15) is 0 Å². The Labute approximate surface area is 180 Å². The smallest absolute Gasteiger partial charge is 0.288 e. The summed E-state index contributed by atoms with van der Waals surface area (Å²) in [6, 6.07) is 5.51. The van der Waals surface area contributed by atoms with Gasteiger partial charge in [-0.15, -0.1) is 0 Å². The second-order valence-electron chi connectivity index (χ2n) is 6.33. The van der Waals surface area contributed by atoms with Gasteiger partial charge in [-0.1, -0.05) is 24.6 Å². The Hall–Kier alpha value is -3.40. The van der Waals surface area contributed by atoms with Gasteiger partial charge in [-0.05, 0) is 36.3 Å². The molecule has 2 rings (SSSR count). The lowest BCUT2D eigenvalue weighted by molar-refractivity contribution is -0.384. The molecule has 0 saturated heterocycles. The molecule has 0 unspecified atom stereocenters. The molecule has 0 spiro atoms. The molecule has 2 aromatic carbocycles. The predicted octanol–water partition coefficient (Wildman–Crippen LogP) is 4.56. The Morgan fingerprint density at radius 1 is 1.19 bits per heavy atom. The molecule has 7 nitrogen and oxygen atoms in total.